The first-order valence-corrected chi connectivity index (χ1v) is 10.9. The Morgan fingerprint density at radius 2 is 1.67 bits per heavy atom. The van der Waals surface area contributed by atoms with E-state index in [9.17, 15) is 14.7 Å². The molecule has 0 aliphatic carbocycles. The van der Waals surface area contributed by atoms with Crippen LogP contribution >= 0.6 is 0 Å². The van der Waals surface area contributed by atoms with Gasteiger partial charge in [-0.2, -0.15) is 0 Å². The largest absolute Gasteiger partial charge is 0.504 e. The number of hydroxylamine groups is 1. The number of carbonyl (C=O) groups excluding carboxylic acids is 2. The lowest BCUT2D eigenvalue weighted by Crippen LogP contribution is -2.37. The molecule has 7 nitrogen and oxygen atoms in total. The molecule has 2 saturated heterocycles. The molecule has 5 rings (SSSR count). The van der Waals surface area contributed by atoms with Gasteiger partial charge in [-0.05, 0) is 53.9 Å². The molecule has 168 valence electrons. The number of phenolic OH excluding ortho intramolecular Hbond substituents is 1. The normalized spacial score (nSPS) is 22.1. The highest BCUT2D eigenvalue weighted by atomic mass is 16.7. The smallest absolute Gasteiger partial charge is 0.266 e. The molecule has 3 aromatic carbocycles. The van der Waals surface area contributed by atoms with Crippen molar-refractivity contribution in [1.29, 1.82) is 0 Å². The van der Waals surface area contributed by atoms with E-state index in [0.29, 0.717) is 11.3 Å². The van der Waals surface area contributed by atoms with Crippen LogP contribution in [-0.2, 0) is 20.8 Å². The second kappa shape index (κ2) is 8.26. The summed E-state index contributed by atoms with van der Waals surface area (Å²) in [5, 5.41) is 11.7. The fraction of sp³-hybridized carbons (Fsp3) is 0.231. The zero-order chi connectivity index (χ0) is 23.1. The number of carbonyl (C=O) groups is 2. The molecule has 0 unspecified atom stereocenters. The standard InChI is InChI=1S/C26H24N2O5/c1-3-16-9-12-18(13-10-16)27-25(30)22-23(17-11-14-20(29)21(15-17)32-2)28(33-24(22)26(27)31)19-7-5-4-6-8-19/h4-15,22-24,29H,3H2,1-2H3/t22-,23-,24-/m0/s1. The van der Waals surface area contributed by atoms with Crippen LogP contribution in [0.5, 0.6) is 11.5 Å². The Morgan fingerprint density at radius 1 is 0.939 bits per heavy atom. The molecule has 2 amide bonds. The predicted octanol–water partition coefficient (Wildman–Crippen LogP) is 4.01. The Hall–Kier alpha value is -3.84. The molecule has 0 aromatic heterocycles. The van der Waals surface area contributed by atoms with Gasteiger partial charge in [0, 0.05) is 0 Å². The molecule has 0 saturated carbocycles. The van der Waals surface area contributed by atoms with Crippen LogP contribution in [-0.4, -0.2) is 30.1 Å². The van der Waals surface area contributed by atoms with Crippen LogP contribution in [0.1, 0.15) is 24.1 Å². The summed E-state index contributed by atoms with van der Waals surface area (Å²) in [6, 6.07) is 21.1. The molecule has 7 heteroatoms. The summed E-state index contributed by atoms with van der Waals surface area (Å²) in [5.41, 5.74) is 3.08. The van der Waals surface area contributed by atoms with E-state index in [1.807, 2.05) is 49.4 Å². The highest BCUT2D eigenvalue weighted by molar-refractivity contribution is 6.23. The van der Waals surface area contributed by atoms with Crippen molar-refractivity contribution in [2.45, 2.75) is 25.5 Å². The zero-order valence-electron chi connectivity index (χ0n) is 18.3. The number of phenols is 1. The Kier molecular flexibility index (Phi) is 5.26. The fourth-order valence-electron chi connectivity index (χ4n) is 4.57. The van der Waals surface area contributed by atoms with Gasteiger partial charge in [0.2, 0.25) is 5.91 Å². The lowest BCUT2D eigenvalue weighted by atomic mass is 9.90. The maximum absolute atomic E-state index is 13.7. The van der Waals surface area contributed by atoms with E-state index in [1.165, 1.54) is 18.1 Å². The SMILES string of the molecule is CCc1ccc(N2C(=O)[C@@H]3[C@H](ON(c4ccccc4)[C@H]3c3ccc(O)c(OC)c3)C2=O)cc1. The third kappa shape index (κ3) is 3.41. The molecule has 2 aliphatic rings. The van der Waals surface area contributed by atoms with Gasteiger partial charge in [0.15, 0.2) is 17.6 Å². The van der Waals surface area contributed by atoms with Gasteiger partial charge in [-0.15, -0.1) is 0 Å². The number of aryl methyl sites for hydroxylation is 1. The van der Waals surface area contributed by atoms with Crippen molar-refractivity contribution < 1.29 is 24.3 Å². The van der Waals surface area contributed by atoms with Crippen LogP contribution in [0.25, 0.3) is 0 Å². The maximum atomic E-state index is 13.7. The number of benzene rings is 3. The summed E-state index contributed by atoms with van der Waals surface area (Å²) >= 11 is 0. The van der Waals surface area contributed by atoms with Crippen LogP contribution < -0.4 is 14.7 Å². The average molecular weight is 444 g/mol. The molecular weight excluding hydrogens is 420 g/mol. The Balaban J connectivity index is 1.58. The molecule has 0 radical (unpaired) electrons. The maximum Gasteiger partial charge on any atom is 0.266 e. The van der Waals surface area contributed by atoms with Crippen molar-refractivity contribution in [3.05, 3.63) is 83.9 Å². The Morgan fingerprint density at radius 3 is 2.33 bits per heavy atom. The number of aromatic hydroxyl groups is 1. The lowest BCUT2D eigenvalue weighted by molar-refractivity contribution is -0.126. The van der Waals surface area contributed by atoms with Gasteiger partial charge in [0.25, 0.3) is 5.91 Å². The highest BCUT2D eigenvalue weighted by Gasteiger charge is 2.60. The van der Waals surface area contributed by atoms with Crippen LogP contribution in [0.3, 0.4) is 0 Å². The summed E-state index contributed by atoms with van der Waals surface area (Å²) in [7, 11) is 1.47. The number of imide groups is 1. The number of amides is 2. The minimum atomic E-state index is -0.951. The van der Waals surface area contributed by atoms with Gasteiger partial charge in [0.05, 0.1) is 24.5 Å². The van der Waals surface area contributed by atoms with Crippen molar-refractivity contribution in [1.82, 2.24) is 0 Å². The third-order valence-electron chi connectivity index (χ3n) is 6.27. The van der Waals surface area contributed by atoms with Crippen molar-refractivity contribution in [3.8, 4) is 11.5 Å². The summed E-state index contributed by atoms with van der Waals surface area (Å²) in [6.07, 6.45) is -0.0822. The molecular formula is C26H24N2O5. The number of hydrogen-bond acceptors (Lipinski definition) is 6. The minimum Gasteiger partial charge on any atom is -0.504 e. The number of rotatable bonds is 5. The summed E-state index contributed by atoms with van der Waals surface area (Å²) in [5.74, 6) is -1.17. The Labute approximate surface area is 191 Å². The molecule has 0 bridgehead atoms. The lowest BCUT2D eigenvalue weighted by Gasteiger charge is -2.29. The van der Waals surface area contributed by atoms with Crippen molar-refractivity contribution in [3.63, 3.8) is 0 Å². The highest BCUT2D eigenvalue weighted by Crippen LogP contribution is 2.48. The van der Waals surface area contributed by atoms with E-state index in [2.05, 4.69) is 0 Å². The van der Waals surface area contributed by atoms with E-state index in [1.54, 1.807) is 29.3 Å². The number of ether oxygens (including phenoxy) is 1. The summed E-state index contributed by atoms with van der Waals surface area (Å²) in [4.78, 5) is 34.4. The number of anilines is 2. The van der Waals surface area contributed by atoms with E-state index in [4.69, 9.17) is 9.57 Å². The molecule has 2 aliphatic heterocycles. The molecule has 2 heterocycles. The van der Waals surface area contributed by atoms with Crippen molar-refractivity contribution in [2.75, 3.05) is 17.1 Å². The van der Waals surface area contributed by atoms with Crippen LogP contribution in [0.2, 0.25) is 0 Å². The van der Waals surface area contributed by atoms with Gasteiger partial charge in [-0.1, -0.05) is 43.3 Å². The van der Waals surface area contributed by atoms with Crippen molar-refractivity contribution >= 4 is 23.2 Å². The fourth-order valence-corrected chi connectivity index (χ4v) is 4.57. The first kappa shape index (κ1) is 21.0. The molecule has 1 N–H and O–H groups in total. The summed E-state index contributed by atoms with van der Waals surface area (Å²) in [6.45, 7) is 2.05. The second-order valence-corrected chi connectivity index (χ2v) is 8.12. The number of methoxy groups -OCH3 is 1. The second-order valence-electron chi connectivity index (χ2n) is 8.12. The number of nitrogens with zero attached hydrogens (tertiary/aromatic N) is 2. The Bertz CT molecular complexity index is 1200. The predicted molar refractivity (Wildman–Crippen MR) is 123 cm³/mol. The topological polar surface area (TPSA) is 79.3 Å². The van der Waals surface area contributed by atoms with Gasteiger partial charge in [0.1, 0.15) is 5.92 Å². The quantitative estimate of drug-likeness (QED) is 0.599. The van der Waals surface area contributed by atoms with E-state index in [0.717, 1.165) is 17.7 Å². The van der Waals surface area contributed by atoms with Gasteiger partial charge < -0.3 is 9.84 Å². The monoisotopic (exact) mass is 444 g/mol. The zero-order valence-corrected chi connectivity index (χ0v) is 18.3. The minimum absolute atomic E-state index is 0.00515. The van der Waals surface area contributed by atoms with Gasteiger partial charge in [-0.3, -0.25) is 14.4 Å². The molecule has 0 spiro atoms. The van der Waals surface area contributed by atoms with Crippen LogP contribution in [0, 0.1) is 5.92 Å². The van der Waals surface area contributed by atoms with Crippen LogP contribution in [0.4, 0.5) is 11.4 Å². The molecule has 3 aromatic rings. The molecule has 2 fully saturated rings. The average Bonchev–Trinajstić information content (AvgIpc) is 3.36. The first-order valence-electron chi connectivity index (χ1n) is 10.9. The molecule has 3 atom stereocenters. The number of fused-ring (bicyclic) bond motifs is 1. The van der Waals surface area contributed by atoms with E-state index < -0.39 is 18.1 Å². The first-order chi connectivity index (χ1) is 16.0. The van der Waals surface area contributed by atoms with E-state index >= 15 is 0 Å². The van der Waals surface area contributed by atoms with Gasteiger partial charge >= 0.3 is 0 Å². The number of hydrogen-bond donors (Lipinski definition) is 1. The van der Waals surface area contributed by atoms with Gasteiger partial charge in [-0.25, -0.2) is 9.96 Å². The third-order valence-corrected chi connectivity index (χ3v) is 6.27. The number of para-hydroxylation sites is 1. The van der Waals surface area contributed by atoms with Crippen LogP contribution in [0.15, 0.2) is 72.8 Å². The summed E-state index contributed by atoms with van der Waals surface area (Å²) < 4.78 is 5.29. The molecule has 33 heavy (non-hydrogen) atoms. The van der Waals surface area contributed by atoms with E-state index in [-0.39, 0.29) is 23.3 Å². The van der Waals surface area contributed by atoms with Crippen molar-refractivity contribution in [2.24, 2.45) is 5.92 Å².